The summed E-state index contributed by atoms with van der Waals surface area (Å²) in [7, 11) is -3.59. The van der Waals surface area contributed by atoms with Crippen LogP contribution in [-0.2, 0) is 14.8 Å². The van der Waals surface area contributed by atoms with Gasteiger partial charge in [-0.1, -0.05) is 36.4 Å². The molecule has 4 rings (SSSR count). The van der Waals surface area contributed by atoms with Crippen LogP contribution in [-0.4, -0.2) is 38.8 Å². The fourth-order valence-corrected chi connectivity index (χ4v) is 4.52. The second-order valence-corrected chi connectivity index (χ2v) is 7.62. The largest absolute Gasteiger partial charge is 0.370 e. The summed E-state index contributed by atoms with van der Waals surface area (Å²) in [5.41, 5.74) is 2.99. The van der Waals surface area contributed by atoms with Crippen molar-refractivity contribution in [2.24, 2.45) is 4.40 Å². The number of benzene rings is 2. The van der Waals surface area contributed by atoms with E-state index in [0.29, 0.717) is 36.0 Å². The molecule has 2 aromatic carbocycles. The molecule has 0 saturated carbocycles. The van der Waals surface area contributed by atoms with Crippen molar-refractivity contribution in [1.29, 1.82) is 0 Å². The highest BCUT2D eigenvalue weighted by atomic mass is 32.2. The second-order valence-electron chi connectivity index (χ2n) is 6.05. The van der Waals surface area contributed by atoms with E-state index in [9.17, 15) is 8.42 Å². The normalized spacial score (nSPS) is 22.1. The Morgan fingerprint density at radius 1 is 1.12 bits per heavy atom. The van der Waals surface area contributed by atoms with E-state index in [1.165, 1.54) is 5.56 Å². The summed E-state index contributed by atoms with van der Waals surface area (Å²) in [6.45, 7) is 3.82. The molecule has 2 aliphatic rings. The molecule has 1 atom stereocenters. The quantitative estimate of drug-likeness (QED) is 0.799. The van der Waals surface area contributed by atoms with Crippen LogP contribution in [0.15, 0.2) is 57.8 Å². The fraction of sp³-hybridized carbons (Fsp3) is 0.278. The van der Waals surface area contributed by atoms with Crippen molar-refractivity contribution in [3.05, 3.63) is 65.2 Å². The Kier molecular flexibility index (Phi) is 3.66. The predicted molar refractivity (Wildman–Crippen MR) is 91.6 cm³/mol. The molecule has 1 unspecified atom stereocenters. The standard InChI is InChI=1S/C18H18N2O3S/c1-13-6-2-3-7-14(13)16-12-20(10-11-23-16)18-15-8-4-5-9-17(15)24(21,22)19-18/h2-9,16H,10-12H2,1H3. The molecular formula is C18H18N2O3S. The van der Waals surface area contributed by atoms with Crippen molar-refractivity contribution >= 4 is 15.9 Å². The van der Waals surface area contributed by atoms with Crippen LogP contribution in [0.1, 0.15) is 22.8 Å². The van der Waals surface area contributed by atoms with E-state index in [4.69, 9.17) is 4.74 Å². The predicted octanol–water partition coefficient (Wildman–Crippen LogP) is 2.52. The number of amidine groups is 1. The van der Waals surface area contributed by atoms with Gasteiger partial charge in [-0.05, 0) is 30.2 Å². The highest BCUT2D eigenvalue weighted by Gasteiger charge is 2.34. The Labute approximate surface area is 141 Å². The Morgan fingerprint density at radius 2 is 1.88 bits per heavy atom. The monoisotopic (exact) mass is 342 g/mol. The lowest BCUT2D eigenvalue weighted by atomic mass is 10.0. The number of morpholine rings is 1. The zero-order valence-electron chi connectivity index (χ0n) is 13.3. The molecule has 0 aromatic heterocycles. The van der Waals surface area contributed by atoms with E-state index in [2.05, 4.69) is 23.5 Å². The van der Waals surface area contributed by atoms with Crippen molar-refractivity contribution in [2.75, 3.05) is 19.7 Å². The van der Waals surface area contributed by atoms with E-state index in [0.717, 1.165) is 5.56 Å². The lowest BCUT2D eigenvalue weighted by molar-refractivity contribution is -0.00695. The smallest absolute Gasteiger partial charge is 0.285 e. The number of fused-ring (bicyclic) bond motifs is 1. The summed E-state index contributed by atoms with van der Waals surface area (Å²) in [5, 5.41) is 0. The lowest BCUT2D eigenvalue weighted by Crippen LogP contribution is -2.42. The molecule has 2 heterocycles. The third kappa shape index (κ3) is 2.52. The number of rotatable bonds is 1. The van der Waals surface area contributed by atoms with Gasteiger partial charge in [0, 0.05) is 18.7 Å². The van der Waals surface area contributed by atoms with Crippen LogP contribution in [0.5, 0.6) is 0 Å². The van der Waals surface area contributed by atoms with Gasteiger partial charge in [-0.3, -0.25) is 0 Å². The number of aryl methyl sites for hydroxylation is 1. The molecule has 0 N–H and O–H groups in total. The zero-order chi connectivity index (χ0) is 16.7. The SMILES string of the molecule is Cc1ccccc1C1CN(C2=NS(=O)(=O)c3ccccc32)CCO1. The van der Waals surface area contributed by atoms with E-state index in [1.807, 2.05) is 29.2 Å². The van der Waals surface area contributed by atoms with Crippen molar-refractivity contribution < 1.29 is 13.2 Å². The molecule has 1 saturated heterocycles. The molecule has 1 fully saturated rings. The highest BCUT2D eigenvalue weighted by molar-refractivity contribution is 7.90. The highest BCUT2D eigenvalue weighted by Crippen LogP contribution is 2.31. The third-order valence-electron chi connectivity index (χ3n) is 4.51. The summed E-state index contributed by atoms with van der Waals surface area (Å²) in [6, 6.07) is 15.1. The van der Waals surface area contributed by atoms with Crippen LogP contribution >= 0.6 is 0 Å². The molecule has 6 heteroatoms. The van der Waals surface area contributed by atoms with E-state index >= 15 is 0 Å². The Bertz CT molecular complexity index is 921. The van der Waals surface area contributed by atoms with Gasteiger partial charge >= 0.3 is 0 Å². The molecule has 0 spiro atoms. The summed E-state index contributed by atoms with van der Waals surface area (Å²) in [6.07, 6.45) is -0.0851. The molecule has 124 valence electrons. The molecule has 0 amide bonds. The number of hydrogen-bond donors (Lipinski definition) is 0. The van der Waals surface area contributed by atoms with Crippen LogP contribution in [0.25, 0.3) is 0 Å². The molecule has 2 aromatic rings. The Hall–Kier alpha value is -2.18. The third-order valence-corrected chi connectivity index (χ3v) is 5.84. The van der Waals surface area contributed by atoms with Gasteiger partial charge in [-0.2, -0.15) is 8.42 Å². The average Bonchev–Trinajstić information content (AvgIpc) is 2.87. The van der Waals surface area contributed by atoms with Crippen LogP contribution in [0.2, 0.25) is 0 Å². The molecule has 0 bridgehead atoms. The maximum Gasteiger partial charge on any atom is 0.285 e. The summed E-state index contributed by atoms with van der Waals surface area (Å²) in [5.74, 6) is 0.535. The number of sulfonamides is 1. The first kappa shape index (κ1) is 15.4. The second kappa shape index (κ2) is 5.72. The van der Waals surface area contributed by atoms with Crippen molar-refractivity contribution in [2.45, 2.75) is 17.9 Å². The van der Waals surface area contributed by atoms with Crippen LogP contribution < -0.4 is 0 Å². The maximum absolute atomic E-state index is 12.3. The molecule has 0 aliphatic carbocycles. The van der Waals surface area contributed by atoms with E-state index in [-0.39, 0.29) is 6.10 Å². The van der Waals surface area contributed by atoms with Crippen LogP contribution in [0.3, 0.4) is 0 Å². The molecular weight excluding hydrogens is 324 g/mol. The minimum Gasteiger partial charge on any atom is -0.370 e. The van der Waals surface area contributed by atoms with E-state index < -0.39 is 10.0 Å². The minimum absolute atomic E-state index is 0.0851. The number of hydrogen-bond acceptors (Lipinski definition) is 4. The molecule has 0 radical (unpaired) electrons. The average molecular weight is 342 g/mol. The topological polar surface area (TPSA) is 59.0 Å². The maximum atomic E-state index is 12.3. The summed E-state index contributed by atoms with van der Waals surface area (Å²) >= 11 is 0. The zero-order valence-corrected chi connectivity index (χ0v) is 14.2. The van der Waals surface area contributed by atoms with Gasteiger partial charge in [0.25, 0.3) is 10.0 Å². The molecule has 5 nitrogen and oxygen atoms in total. The lowest BCUT2D eigenvalue weighted by Gasteiger charge is -2.35. The Morgan fingerprint density at radius 3 is 2.71 bits per heavy atom. The first-order valence-corrected chi connectivity index (χ1v) is 9.37. The number of ether oxygens (including phenoxy) is 1. The fourth-order valence-electron chi connectivity index (χ4n) is 3.29. The van der Waals surface area contributed by atoms with Gasteiger partial charge in [-0.25, -0.2) is 0 Å². The van der Waals surface area contributed by atoms with Gasteiger partial charge in [0.05, 0.1) is 6.61 Å². The van der Waals surface area contributed by atoms with Gasteiger partial charge in [-0.15, -0.1) is 4.40 Å². The van der Waals surface area contributed by atoms with Crippen molar-refractivity contribution in [1.82, 2.24) is 4.90 Å². The first-order valence-electron chi connectivity index (χ1n) is 7.93. The van der Waals surface area contributed by atoms with Gasteiger partial charge in [0.1, 0.15) is 11.0 Å². The van der Waals surface area contributed by atoms with E-state index in [1.54, 1.807) is 12.1 Å². The minimum atomic E-state index is -3.59. The van der Waals surface area contributed by atoms with Gasteiger partial charge in [0.2, 0.25) is 0 Å². The van der Waals surface area contributed by atoms with Crippen LogP contribution in [0, 0.1) is 6.92 Å². The van der Waals surface area contributed by atoms with Gasteiger partial charge < -0.3 is 9.64 Å². The first-order chi connectivity index (χ1) is 11.6. The van der Waals surface area contributed by atoms with Crippen molar-refractivity contribution in [3.63, 3.8) is 0 Å². The molecule has 2 aliphatic heterocycles. The van der Waals surface area contributed by atoms with Crippen molar-refractivity contribution in [3.8, 4) is 0 Å². The summed E-state index contributed by atoms with van der Waals surface area (Å²) in [4.78, 5) is 2.31. The van der Waals surface area contributed by atoms with Crippen LogP contribution in [0.4, 0.5) is 0 Å². The summed E-state index contributed by atoms with van der Waals surface area (Å²) < 4.78 is 34.5. The molecule has 24 heavy (non-hydrogen) atoms. The Balaban J connectivity index is 1.68. The number of nitrogens with zero attached hydrogens (tertiary/aromatic N) is 2. The van der Waals surface area contributed by atoms with Gasteiger partial charge in [0.15, 0.2) is 5.84 Å².